The zero-order valence-electron chi connectivity index (χ0n) is 15.6. The predicted molar refractivity (Wildman–Crippen MR) is 100 cm³/mol. The highest BCUT2D eigenvalue weighted by atomic mass is 19.4. The lowest BCUT2D eigenvalue weighted by Crippen LogP contribution is -2.44. The zero-order valence-corrected chi connectivity index (χ0v) is 15.6. The summed E-state index contributed by atoms with van der Waals surface area (Å²) in [6.45, 7) is 5.51. The number of carbonyl (C=O) groups is 1. The Kier molecular flexibility index (Phi) is 5.60. The fourth-order valence-corrected chi connectivity index (χ4v) is 3.13. The zero-order chi connectivity index (χ0) is 20.5. The van der Waals surface area contributed by atoms with Crippen molar-refractivity contribution < 1.29 is 22.4 Å². The summed E-state index contributed by atoms with van der Waals surface area (Å²) in [6.07, 6.45) is -4.72. The van der Waals surface area contributed by atoms with Crippen LogP contribution in [0.25, 0.3) is 0 Å². The maximum Gasteiger partial charge on any atom is 0.416 e. The van der Waals surface area contributed by atoms with Crippen molar-refractivity contribution >= 4 is 17.3 Å². The highest BCUT2D eigenvalue weighted by Crippen LogP contribution is 2.31. The lowest BCUT2D eigenvalue weighted by atomic mass is 10.1. The molecule has 150 valence electrons. The lowest BCUT2D eigenvalue weighted by molar-refractivity contribution is -0.137. The van der Waals surface area contributed by atoms with Crippen LogP contribution in [0.3, 0.4) is 0 Å². The molecule has 3 rings (SSSR count). The summed E-state index contributed by atoms with van der Waals surface area (Å²) < 4.78 is 52.1. The van der Waals surface area contributed by atoms with Crippen molar-refractivity contribution in [2.24, 2.45) is 0 Å². The maximum absolute atomic E-state index is 13.5. The second-order valence-electron chi connectivity index (χ2n) is 6.97. The van der Waals surface area contributed by atoms with Crippen molar-refractivity contribution in [2.75, 3.05) is 43.4 Å². The molecule has 1 saturated heterocycles. The molecule has 1 aliphatic heterocycles. The number of nitrogens with zero attached hydrogens (tertiary/aromatic N) is 2. The monoisotopic (exact) mass is 395 g/mol. The average Bonchev–Trinajstić information content (AvgIpc) is 2.62. The van der Waals surface area contributed by atoms with Crippen molar-refractivity contribution in [1.82, 2.24) is 4.90 Å². The van der Waals surface area contributed by atoms with Crippen LogP contribution >= 0.6 is 0 Å². The van der Waals surface area contributed by atoms with Gasteiger partial charge >= 0.3 is 6.18 Å². The molecule has 1 amide bonds. The molecule has 0 unspecified atom stereocenters. The Bertz CT molecular complexity index is 874. The van der Waals surface area contributed by atoms with Crippen LogP contribution in [-0.2, 0) is 6.18 Å². The van der Waals surface area contributed by atoms with Gasteiger partial charge in [0.1, 0.15) is 5.82 Å². The first-order valence-electron chi connectivity index (χ1n) is 8.87. The smallest absolute Gasteiger partial charge is 0.369 e. The van der Waals surface area contributed by atoms with Crippen LogP contribution in [0.1, 0.15) is 21.5 Å². The van der Waals surface area contributed by atoms with Gasteiger partial charge in [-0.05, 0) is 55.9 Å². The molecule has 1 heterocycles. The minimum atomic E-state index is -4.72. The number of piperazine rings is 1. The van der Waals surface area contributed by atoms with Gasteiger partial charge in [0.15, 0.2) is 0 Å². The van der Waals surface area contributed by atoms with Gasteiger partial charge in [0.2, 0.25) is 0 Å². The number of hydrogen-bond acceptors (Lipinski definition) is 3. The van der Waals surface area contributed by atoms with E-state index in [1.165, 1.54) is 0 Å². The summed E-state index contributed by atoms with van der Waals surface area (Å²) in [5.41, 5.74) is 0.696. The van der Waals surface area contributed by atoms with E-state index >= 15 is 0 Å². The standard InChI is InChI=1S/C20H21F4N3O/c1-13-9-17(27-7-5-26(2)6-8-27)3-4-18(13)25-19(28)14-10-15(20(22,23)24)12-16(21)11-14/h3-4,9-12H,5-8H2,1-2H3,(H,25,28). The molecular formula is C20H21F4N3O. The van der Waals surface area contributed by atoms with Gasteiger partial charge in [-0.25, -0.2) is 4.39 Å². The highest BCUT2D eigenvalue weighted by molar-refractivity contribution is 6.04. The van der Waals surface area contributed by atoms with E-state index in [0.717, 1.165) is 43.5 Å². The summed E-state index contributed by atoms with van der Waals surface area (Å²) in [5.74, 6) is -1.90. The largest absolute Gasteiger partial charge is 0.416 e. The Hall–Kier alpha value is -2.61. The van der Waals surface area contributed by atoms with Crippen LogP contribution in [0.15, 0.2) is 36.4 Å². The minimum Gasteiger partial charge on any atom is -0.369 e. The molecule has 0 aliphatic carbocycles. The van der Waals surface area contributed by atoms with E-state index < -0.39 is 23.5 Å². The Labute approximate surface area is 160 Å². The third kappa shape index (κ3) is 4.62. The average molecular weight is 395 g/mol. The minimum absolute atomic E-state index is 0.368. The Morgan fingerprint density at radius 1 is 1.04 bits per heavy atom. The van der Waals surface area contributed by atoms with Gasteiger partial charge in [0, 0.05) is 43.1 Å². The van der Waals surface area contributed by atoms with Crippen molar-refractivity contribution in [3.8, 4) is 0 Å². The van der Waals surface area contributed by atoms with Gasteiger partial charge in [-0.3, -0.25) is 4.79 Å². The van der Waals surface area contributed by atoms with E-state index in [1.54, 1.807) is 6.07 Å². The first-order valence-corrected chi connectivity index (χ1v) is 8.87. The molecule has 28 heavy (non-hydrogen) atoms. The molecule has 0 bridgehead atoms. The summed E-state index contributed by atoms with van der Waals surface area (Å²) in [6, 6.07) is 7.30. The van der Waals surface area contributed by atoms with Crippen molar-refractivity contribution in [3.05, 3.63) is 58.9 Å². The number of nitrogens with one attached hydrogen (secondary N) is 1. The number of benzene rings is 2. The van der Waals surface area contributed by atoms with Crippen LogP contribution in [0, 0.1) is 12.7 Å². The third-order valence-electron chi connectivity index (χ3n) is 4.81. The summed E-state index contributed by atoms with van der Waals surface area (Å²) in [4.78, 5) is 16.8. The quantitative estimate of drug-likeness (QED) is 0.793. The molecule has 2 aromatic carbocycles. The van der Waals surface area contributed by atoms with E-state index in [9.17, 15) is 22.4 Å². The maximum atomic E-state index is 13.5. The lowest BCUT2D eigenvalue weighted by Gasteiger charge is -2.34. The number of anilines is 2. The molecular weight excluding hydrogens is 374 g/mol. The summed E-state index contributed by atoms with van der Waals surface area (Å²) in [5, 5.41) is 2.57. The first kappa shape index (κ1) is 20.1. The number of hydrogen-bond donors (Lipinski definition) is 1. The summed E-state index contributed by atoms with van der Waals surface area (Å²) in [7, 11) is 2.07. The van der Waals surface area contributed by atoms with E-state index in [0.29, 0.717) is 17.8 Å². The molecule has 4 nitrogen and oxygen atoms in total. The molecule has 0 radical (unpaired) electrons. The molecule has 0 spiro atoms. The molecule has 1 fully saturated rings. The molecule has 0 atom stereocenters. The normalized spacial score (nSPS) is 15.6. The molecule has 0 aromatic heterocycles. The second-order valence-corrected chi connectivity index (χ2v) is 6.97. The number of rotatable bonds is 3. The van der Waals surface area contributed by atoms with Crippen molar-refractivity contribution in [3.63, 3.8) is 0 Å². The molecule has 1 N–H and O–H groups in total. The van der Waals surface area contributed by atoms with Gasteiger partial charge in [0.25, 0.3) is 5.91 Å². The highest BCUT2D eigenvalue weighted by Gasteiger charge is 2.32. The molecule has 2 aromatic rings. The van der Waals surface area contributed by atoms with Crippen LogP contribution in [0.4, 0.5) is 28.9 Å². The fraction of sp³-hybridized carbons (Fsp3) is 0.350. The Morgan fingerprint density at radius 2 is 1.71 bits per heavy atom. The topological polar surface area (TPSA) is 35.6 Å². The van der Waals surface area contributed by atoms with E-state index in [2.05, 4.69) is 22.2 Å². The molecule has 1 aliphatic rings. The third-order valence-corrected chi connectivity index (χ3v) is 4.81. The fourth-order valence-electron chi connectivity index (χ4n) is 3.13. The number of carbonyl (C=O) groups excluding carboxylic acids is 1. The van der Waals surface area contributed by atoms with Gasteiger partial charge in [0.05, 0.1) is 5.56 Å². The van der Waals surface area contributed by atoms with Gasteiger partial charge in [-0.2, -0.15) is 13.2 Å². The number of halogens is 4. The molecule has 0 saturated carbocycles. The van der Waals surface area contributed by atoms with Crippen molar-refractivity contribution in [2.45, 2.75) is 13.1 Å². The van der Waals surface area contributed by atoms with Crippen LogP contribution in [-0.4, -0.2) is 44.0 Å². The number of aryl methyl sites for hydroxylation is 1. The first-order chi connectivity index (χ1) is 13.1. The van der Waals surface area contributed by atoms with E-state index in [4.69, 9.17) is 0 Å². The van der Waals surface area contributed by atoms with E-state index in [1.807, 2.05) is 19.1 Å². The molecule has 8 heteroatoms. The number of alkyl halides is 3. The number of amides is 1. The van der Waals surface area contributed by atoms with Gasteiger partial charge < -0.3 is 15.1 Å². The Balaban J connectivity index is 1.77. The van der Waals surface area contributed by atoms with Gasteiger partial charge in [-0.15, -0.1) is 0 Å². The SMILES string of the molecule is Cc1cc(N2CCN(C)CC2)ccc1NC(=O)c1cc(F)cc(C(F)(F)F)c1. The van der Waals surface area contributed by atoms with Crippen molar-refractivity contribution in [1.29, 1.82) is 0 Å². The van der Waals surface area contributed by atoms with Crippen LogP contribution in [0.2, 0.25) is 0 Å². The Morgan fingerprint density at radius 3 is 2.32 bits per heavy atom. The van der Waals surface area contributed by atoms with Crippen LogP contribution in [0.5, 0.6) is 0 Å². The van der Waals surface area contributed by atoms with Crippen LogP contribution < -0.4 is 10.2 Å². The van der Waals surface area contributed by atoms with Gasteiger partial charge in [-0.1, -0.05) is 0 Å². The predicted octanol–water partition coefficient (Wildman–Crippen LogP) is 4.16. The number of likely N-dealkylation sites (N-methyl/N-ethyl adjacent to an activating group) is 1. The van der Waals surface area contributed by atoms with E-state index in [-0.39, 0.29) is 5.56 Å². The second kappa shape index (κ2) is 7.79. The summed E-state index contributed by atoms with van der Waals surface area (Å²) >= 11 is 0.